The highest BCUT2D eigenvalue weighted by atomic mass is 16.6. The van der Waals surface area contributed by atoms with Crippen molar-refractivity contribution >= 4 is 17.5 Å². The third kappa shape index (κ3) is 6.85. The van der Waals surface area contributed by atoms with Crippen LogP contribution in [0, 0.1) is 10.1 Å². The van der Waals surface area contributed by atoms with Crippen LogP contribution in [0.3, 0.4) is 0 Å². The largest absolute Gasteiger partial charge is 0.484 e. The van der Waals surface area contributed by atoms with E-state index in [4.69, 9.17) is 9.26 Å². The molecule has 0 bridgehead atoms. The lowest BCUT2D eigenvalue weighted by Gasteiger charge is -2.19. The Morgan fingerprint density at radius 2 is 1.88 bits per heavy atom. The highest BCUT2D eigenvalue weighted by molar-refractivity contribution is 5.89. The normalized spacial score (nSPS) is 11.1. The second-order valence-corrected chi connectivity index (χ2v) is 8.34. The van der Waals surface area contributed by atoms with Gasteiger partial charge in [-0.15, -0.1) is 0 Å². The summed E-state index contributed by atoms with van der Waals surface area (Å²) in [7, 11) is 0. The summed E-state index contributed by atoms with van der Waals surface area (Å²) >= 11 is 0. The molecule has 0 saturated heterocycles. The quantitative estimate of drug-likeness (QED) is 0.252. The maximum atomic E-state index is 12.1. The summed E-state index contributed by atoms with van der Waals surface area (Å²) in [6, 6.07) is 7.57. The van der Waals surface area contributed by atoms with E-state index in [-0.39, 0.29) is 55.0 Å². The number of hydrogen-bond donors (Lipinski definition) is 2. The van der Waals surface area contributed by atoms with Gasteiger partial charge in [0.2, 0.25) is 0 Å². The van der Waals surface area contributed by atoms with Crippen molar-refractivity contribution in [2.24, 2.45) is 0 Å². The predicted molar refractivity (Wildman–Crippen MR) is 118 cm³/mol. The molecule has 0 unspecified atom stereocenters. The molecule has 13 nitrogen and oxygen atoms in total. The van der Waals surface area contributed by atoms with Crippen LogP contribution in [-0.2, 0) is 16.8 Å². The number of aromatic nitrogens is 4. The first kappa shape index (κ1) is 24.4. The zero-order valence-corrected chi connectivity index (χ0v) is 19.0. The molecule has 0 aliphatic heterocycles. The number of ether oxygens (including phenoxy) is 1. The van der Waals surface area contributed by atoms with E-state index in [0.717, 1.165) is 6.20 Å². The highest BCUT2D eigenvalue weighted by Crippen LogP contribution is 2.24. The summed E-state index contributed by atoms with van der Waals surface area (Å²) in [4.78, 5) is 38.1. The van der Waals surface area contributed by atoms with Gasteiger partial charge in [-0.05, 0) is 23.1 Å². The molecule has 2 N–H and O–H groups in total. The van der Waals surface area contributed by atoms with E-state index in [2.05, 4.69) is 46.6 Å². The smallest absolute Gasteiger partial charge is 0.316 e. The maximum Gasteiger partial charge on any atom is 0.316 e. The van der Waals surface area contributed by atoms with E-state index in [1.807, 2.05) is 24.3 Å². The van der Waals surface area contributed by atoms with Crippen LogP contribution in [0.4, 0.5) is 5.69 Å². The topological polar surface area (TPSA) is 167 Å². The SMILES string of the molecule is CC(C)(C)c1ccc(OCC(=O)NCCNC(=O)c2nc(Cn3cc([N+](=O)[O-])cn3)no2)cc1. The number of nitro groups is 1. The van der Waals surface area contributed by atoms with Crippen molar-refractivity contribution in [1.82, 2.24) is 30.6 Å². The van der Waals surface area contributed by atoms with Gasteiger partial charge >= 0.3 is 17.5 Å². The zero-order valence-electron chi connectivity index (χ0n) is 19.0. The summed E-state index contributed by atoms with van der Waals surface area (Å²) in [6.45, 7) is 6.50. The third-order valence-electron chi connectivity index (χ3n) is 4.62. The number of carbonyl (C=O) groups is 2. The van der Waals surface area contributed by atoms with Crippen LogP contribution >= 0.6 is 0 Å². The van der Waals surface area contributed by atoms with E-state index < -0.39 is 10.8 Å². The van der Waals surface area contributed by atoms with Gasteiger partial charge in [0.05, 0.1) is 4.92 Å². The molecule has 34 heavy (non-hydrogen) atoms. The second kappa shape index (κ2) is 10.6. The van der Waals surface area contributed by atoms with Crippen molar-refractivity contribution in [3.63, 3.8) is 0 Å². The van der Waals surface area contributed by atoms with E-state index in [9.17, 15) is 19.7 Å². The Kier molecular flexibility index (Phi) is 7.56. The van der Waals surface area contributed by atoms with Crippen LogP contribution in [0.25, 0.3) is 0 Å². The molecule has 2 heterocycles. The summed E-state index contributed by atoms with van der Waals surface area (Å²) < 4.78 is 11.6. The van der Waals surface area contributed by atoms with Gasteiger partial charge in [0.15, 0.2) is 12.4 Å². The summed E-state index contributed by atoms with van der Waals surface area (Å²) in [5.74, 6) is -0.500. The van der Waals surface area contributed by atoms with Gasteiger partial charge in [-0.3, -0.25) is 24.4 Å². The van der Waals surface area contributed by atoms with Crippen molar-refractivity contribution in [2.75, 3.05) is 19.7 Å². The van der Waals surface area contributed by atoms with Gasteiger partial charge in [0.25, 0.3) is 5.91 Å². The van der Waals surface area contributed by atoms with Crippen molar-refractivity contribution in [2.45, 2.75) is 32.7 Å². The first-order chi connectivity index (χ1) is 16.1. The van der Waals surface area contributed by atoms with E-state index in [0.29, 0.717) is 5.75 Å². The number of carbonyl (C=O) groups excluding carboxylic acids is 2. The molecule has 0 aliphatic carbocycles. The van der Waals surface area contributed by atoms with Crippen LogP contribution in [0.1, 0.15) is 42.8 Å². The van der Waals surface area contributed by atoms with Crippen molar-refractivity contribution in [3.8, 4) is 5.75 Å². The van der Waals surface area contributed by atoms with Gasteiger partial charge in [0, 0.05) is 13.1 Å². The average Bonchev–Trinajstić information content (AvgIpc) is 3.45. The molecule has 1 aromatic carbocycles. The van der Waals surface area contributed by atoms with E-state index in [1.165, 1.54) is 16.4 Å². The molecule has 3 aromatic rings. The van der Waals surface area contributed by atoms with Crippen molar-refractivity contribution in [3.05, 3.63) is 64.1 Å². The maximum absolute atomic E-state index is 12.1. The molecule has 3 rings (SSSR count). The van der Waals surface area contributed by atoms with Gasteiger partial charge in [0.1, 0.15) is 24.7 Å². The van der Waals surface area contributed by atoms with Crippen LogP contribution in [-0.4, -0.2) is 56.4 Å². The monoisotopic (exact) mass is 471 g/mol. The number of nitrogens with one attached hydrogen (secondary N) is 2. The zero-order chi connectivity index (χ0) is 24.7. The molecule has 0 atom stereocenters. The second-order valence-electron chi connectivity index (χ2n) is 8.34. The van der Waals surface area contributed by atoms with Crippen LogP contribution in [0.15, 0.2) is 41.2 Å². The Morgan fingerprint density at radius 1 is 1.18 bits per heavy atom. The van der Waals surface area contributed by atoms with Gasteiger partial charge in [-0.2, -0.15) is 10.1 Å². The van der Waals surface area contributed by atoms with Gasteiger partial charge < -0.3 is 19.9 Å². The number of rotatable bonds is 10. The molecular formula is C21H25N7O6. The Balaban J connectivity index is 1.35. The standard InChI is InChI=1S/C21H25N7O6/c1-21(2,3)14-4-6-16(7-5-14)33-13-18(29)22-8-9-23-19(30)20-25-17(26-34-20)12-27-11-15(10-24-27)28(31)32/h4-7,10-11H,8-9,12-13H2,1-3H3,(H,22,29)(H,23,30). The molecule has 2 aromatic heterocycles. The fourth-order valence-electron chi connectivity index (χ4n) is 2.79. The molecule has 0 fully saturated rings. The minimum atomic E-state index is -0.616. The van der Waals surface area contributed by atoms with Gasteiger partial charge in [-0.25, -0.2) is 0 Å². The predicted octanol–water partition coefficient (Wildman–Crippen LogP) is 1.45. The molecule has 0 spiro atoms. The van der Waals surface area contributed by atoms with Crippen LogP contribution < -0.4 is 15.4 Å². The fourth-order valence-corrected chi connectivity index (χ4v) is 2.79. The molecule has 0 radical (unpaired) electrons. The number of amides is 2. The van der Waals surface area contributed by atoms with Crippen molar-refractivity contribution < 1.29 is 23.8 Å². The first-order valence-corrected chi connectivity index (χ1v) is 10.4. The van der Waals surface area contributed by atoms with E-state index in [1.54, 1.807) is 0 Å². The first-order valence-electron chi connectivity index (χ1n) is 10.4. The Labute approximate surface area is 194 Å². The van der Waals surface area contributed by atoms with Gasteiger partial charge in [-0.1, -0.05) is 38.1 Å². The van der Waals surface area contributed by atoms with Crippen LogP contribution in [0.2, 0.25) is 0 Å². The Morgan fingerprint density at radius 3 is 2.53 bits per heavy atom. The average molecular weight is 471 g/mol. The Hall–Kier alpha value is -4.29. The summed E-state index contributed by atoms with van der Waals surface area (Å²) in [6.07, 6.45) is 2.30. The van der Waals surface area contributed by atoms with Crippen molar-refractivity contribution in [1.29, 1.82) is 0 Å². The molecular weight excluding hydrogens is 446 g/mol. The molecule has 0 saturated carbocycles. The Bertz CT molecular complexity index is 1150. The van der Waals surface area contributed by atoms with E-state index >= 15 is 0 Å². The number of nitrogens with zero attached hydrogens (tertiary/aromatic N) is 5. The minimum Gasteiger partial charge on any atom is -0.484 e. The number of hydrogen-bond acceptors (Lipinski definition) is 9. The molecule has 13 heteroatoms. The lowest BCUT2D eigenvalue weighted by Crippen LogP contribution is -2.36. The lowest BCUT2D eigenvalue weighted by molar-refractivity contribution is -0.385. The summed E-state index contributed by atoms with van der Waals surface area (Å²) in [5, 5.41) is 23.3. The van der Waals surface area contributed by atoms with Crippen LogP contribution in [0.5, 0.6) is 5.75 Å². The number of benzene rings is 1. The molecule has 2 amide bonds. The summed E-state index contributed by atoms with van der Waals surface area (Å²) in [5.41, 5.74) is 1.03. The fraction of sp³-hybridized carbons (Fsp3) is 0.381. The third-order valence-corrected chi connectivity index (χ3v) is 4.62. The molecule has 0 aliphatic rings. The minimum absolute atomic E-state index is 0.000387. The highest BCUT2D eigenvalue weighted by Gasteiger charge is 2.17. The molecule has 180 valence electrons. The lowest BCUT2D eigenvalue weighted by atomic mass is 9.87.